The van der Waals surface area contributed by atoms with Crippen molar-refractivity contribution in [1.29, 1.82) is 0 Å². The third kappa shape index (κ3) is 3.35. The largest absolute Gasteiger partial charge is 0.493 e. The first kappa shape index (κ1) is 13.6. The Kier molecular flexibility index (Phi) is 4.22. The van der Waals surface area contributed by atoms with Crippen molar-refractivity contribution in [3.8, 4) is 11.4 Å². The van der Waals surface area contributed by atoms with Gasteiger partial charge in [0, 0.05) is 18.3 Å². The molecule has 0 aliphatic carbocycles. The molecule has 1 aromatic carbocycles. The molecule has 1 heterocycles. The van der Waals surface area contributed by atoms with Gasteiger partial charge >= 0.3 is 0 Å². The highest BCUT2D eigenvalue weighted by atomic mass is 16.5. The van der Waals surface area contributed by atoms with Gasteiger partial charge in [0.1, 0.15) is 5.75 Å². The van der Waals surface area contributed by atoms with Crippen molar-refractivity contribution in [3.63, 3.8) is 0 Å². The van der Waals surface area contributed by atoms with Crippen LogP contribution in [0.15, 0.2) is 30.5 Å². The fraction of sp³-hybridized carbons (Fsp3) is 0.400. The van der Waals surface area contributed by atoms with E-state index in [0.717, 1.165) is 29.3 Å². The Morgan fingerprint density at radius 2 is 1.95 bits per heavy atom. The van der Waals surface area contributed by atoms with E-state index >= 15 is 0 Å². The van der Waals surface area contributed by atoms with Gasteiger partial charge in [0.15, 0.2) is 0 Å². The highest BCUT2D eigenvalue weighted by Crippen LogP contribution is 2.17. The van der Waals surface area contributed by atoms with Crippen molar-refractivity contribution >= 4 is 0 Å². The Labute approximate surface area is 114 Å². The van der Waals surface area contributed by atoms with E-state index in [1.54, 1.807) is 0 Å². The minimum absolute atomic E-state index is 0.515. The molecule has 0 aliphatic heterocycles. The van der Waals surface area contributed by atoms with Crippen molar-refractivity contribution in [1.82, 2.24) is 9.78 Å². The zero-order valence-electron chi connectivity index (χ0n) is 11.8. The van der Waals surface area contributed by atoms with Gasteiger partial charge in [-0.05, 0) is 37.1 Å². The Morgan fingerprint density at radius 1 is 1.26 bits per heavy atom. The van der Waals surface area contributed by atoms with Gasteiger partial charge in [-0.3, -0.25) is 0 Å². The molecule has 102 valence electrons. The first-order chi connectivity index (χ1) is 9.10. The number of hydrogen-bond acceptors (Lipinski definition) is 3. The summed E-state index contributed by atoms with van der Waals surface area (Å²) in [5.41, 5.74) is 8.72. The Morgan fingerprint density at radius 3 is 2.47 bits per heavy atom. The Bertz CT molecular complexity index is 529. The predicted molar refractivity (Wildman–Crippen MR) is 76.5 cm³/mol. The fourth-order valence-corrected chi connectivity index (χ4v) is 1.79. The first-order valence-electron chi connectivity index (χ1n) is 6.58. The van der Waals surface area contributed by atoms with Crippen LogP contribution in [0.5, 0.6) is 5.75 Å². The van der Waals surface area contributed by atoms with Crippen LogP contribution in [0, 0.1) is 12.8 Å². The Balaban J connectivity index is 2.13. The van der Waals surface area contributed by atoms with Gasteiger partial charge in [-0.15, -0.1) is 0 Å². The summed E-state index contributed by atoms with van der Waals surface area (Å²) < 4.78 is 7.51. The van der Waals surface area contributed by atoms with E-state index in [1.165, 1.54) is 0 Å². The molecule has 0 saturated carbocycles. The van der Waals surface area contributed by atoms with Gasteiger partial charge < -0.3 is 10.5 Å². The summed E-state index contributed by atoms with van der Waals surface area (Å²) in [6.07, 6.45) is 1.97. The molecule has 0 radical (unpaired) electrons. The molecule has 2 N–H and O–H groups in total. The fourth-order valence-electron chi connectivity index (χ4n) is 1.79. The summed E-state index contributed by atoms with van der Waals surface area (Å²) in [5.74, 6) is 1.42. The SMILES string of the molecule is Cc1nn(-c2ccc(OCC(C)C)cc2)cc1CN. The maximum atomic E-state index is 5.66. The third-order valence-corrected chi connectivity index (χ3v) is 2.91. The molecule has 0 saturated heterocycles. The standard InChI is InChI=1S/C15H21N3O/c1-11(2)10-19-15-6-4-14(5-7-15)18-9-13(8-16)12(3)17-18/h4-7,9,11H,8,10,16H2,1-3H3. The number of benzene rings is 1. The summed E-state index contributed by atoms with van der Waals surface area (Å²) in [4.78, 5) is 0. The van der Waals surface area contributed by atoms with E-state index in [1.807, 2.05) is 42.1 Å². The summed E-state index contributed by atoms with van der Waals surface area (Å²) in [6, 6.07) is 7.94. The monoisotopic (exact) mass is 259 g/mol. The number of nitrogens with two attached hydrogens (primary N) is 1. The predicted octanol–water partition coefficient (Wildman–Crippen LogP) is 2.67. The van der Waals surface area contributed by atoms with Crippen LogP contribution < -0.4 is 10.5 Å². The maximum Gasteiger partial charge on any atom is 0.119 e. The van der Waals surface area contributed by atoms with Gasteiger partial charge in [-0.1, -0.05) is 13.8 Å². The molecule has 4 heteroatoms. The van der Waals surface area contributed by atoms with Gasteiger partial charge in [0.05, 0.1) is 18.0 Å². The average molecular weight is 259 g/mol. The van der Waals surface area contributed by atoms with Crippen LogP contribution >= 0.6 is 0 Å². The maximum absolute atomic E-state index is 5.66. The van der Waals surface area contributed by atoms with E-state index < -0.39 is 0 Å². The second-order valence-electron chi connectivity index (χ2n) is 5.09. The molecule has 0 spiro atoms. The molecule has 0 amide bonds. The topological polar surface area (TPSA) is 53.1 Å². The van der Waals surface area contributed by atoms with Gasteiger partial charge in [-0.25, -0.2) is 4.68 Å². The van der Waals surface area contributed by atoms with Crippen LogP contribution in [-0.2, 0) is 6.54 Å². The lowest BCUT2D eigenvalue weighted by molar-refractivity contribution is 0.271. The molecule has 0 fully saturated rings. The van der Waals surface area contributed by atoms with Gasteiger partial charge in [-0.2, -0.15) is 5.10 Å². The number of aryl methyl sites for hydroxylation is 1. The molecule has 1 aromatic heterocycles. The van der Waals surface area contributed by atoms with Crippen molar-refractivity contribution in [2.75, 3.05) is 6.61 Å². The first-order valence-corrected chi connectivity index (χ1v) is 6.58. The highest BCUT2D eigenvalue weighted by molar-refractivity contribution is 5.37. The van der Waals surface area contributed by atoms with Crippen molar-refractivity contribution in [2.24, 2.45) is 11.7 Å². The van der Waals surface area contributed by atoms with Gasteiger partial charge in [0.25, 0.3) is 0 Å². The average Bonchev–Trinajstić information content (AvgIpc) is 2.78. The molecule has 0 bridgehead atoms. The number of aromatic nitrogens is 2. The van der Waals surface area contributed by atoms with Crippen LogP contribution in [-0.4, -0.2) is 16.4 Å². The zero-order chi connectivity index (χ0) is 13.8. The molecule has 0 atom stereocenters. The molecule has 19 heavy (non-hydrogen) atoms. The number of ether oxygens (including phenoxy) is 1. The Hall–Kier alpha value is -1.81. The van der Waals surface area contributed by atoms with Crippen LogP contribution in [0.4, 0.5) is 0 Å². The minimum atomic E-state index is 0.515. The lowest BCUT2D eigenvalue weighted by Gasteiger charge is -2.09. The van der Waals surface area contributed by atoms with Crippen LogP contribution in [0.2, 0.25) is 0 Å². The van der Waals surface area contributed by atoms with E-state index in [2.05, 4.69) is 18.9 Å². The second-order valence-corrected chi connectivity index (χ2v) is 5.09. The normalized spacial score (nSPS) is 11.0. The number of rotatable bonds is 5. The van der Waals surface area contributed by atoms with Crippen molar-refractivity contribution in [3.05, 3.63) is 41.7 Å². The summed E-state index contributed by atoms with van der Waals surface area (Å²) >= 11 is 0. The van der Waals surface area contributed by atoms with Crippen molar-refractivity contribution in [2.45, 2.75) is 27.3 Å². The molecule has 4 nitrogen and oxygen atoms in total. The molecule has 2 rings (SSSR count). The lowest BCUT2D eigenvalue weighted by atomic mass is 10.2. The second kappa shape index (κ2) is 5.89. The van der Waals surface area contributed by atoms with Gasteiger partial charge in [0.2, 0.25) is 0 Å². The van der Waals surface area contributed by atoms with E-state index in [-0.39, 0.29) is 0 Å². The highest BCUT2D eigenvalue weighted by Gasteiger charge is 2.05. The van der Waals surface area contributed by atoms with E-state index in [4.69, 9.17) is 10.5 Å². The number of nitrogens with zero attached hydrogens (tertiary/aromatic N) is 2. The molecule has 0 unspecified atom stereocenters. The zero-order valence-corrected chi connectivity index (χ0v) is 11.8. The number of hydrogen-bond donors (Lipinski definition) is 1. The van der Waals surface area contributed by atoms with Crippen LogP contribution in [0.3, 0.4) is 0 Å². The molecular formula is C15H21N3O. The summed E-state index contributed by atoms with van der Waals surface area (Å²) in [5, 5.41) is 4.45. The van der Waals surface area contributed by atoms with Crippen molar-refractivity contribution < 1.29 is 4.74 Å². The molecular weight excluding hydrogens is 238 g/mol. The third-order valence-electron chi connectivity index (χ3n) is 2.91. The quantitative estimate of drug-likeness (QED) is 0.898. The smallest absolute Gasteiger partial charge is 0.119 e. The summed E-state index contributed by atoms with van der Waals surface area (Å²) in [6.45, 7) is 7.49. The van der Waals surface area contributed by atoms with E-state index in [9.17, 15) is 0 Å². The van der Waals surface area contributed by atoms with E-state index in [0.29, 0.717) is 12.5 Å². The molecule has 2 aromatic rings. The minimum Gasteiger partial charge on any atom is -0.493 e. The van der Waals surface area contributed by atoms with Crippen LogP contribution in [0.25, 0.3) is 5.69 Å². The van der Waals surface area contributed by atoms with Crippen LogP contribution in [0.1, 0.15) is 25.1 Å². The molecule has 0 aliphatic rings. The lowest BCUT2D eigenvalue weighted by Crippen LogP contribution is -2.04. The summed E-state index contributed by atoms with van der Waals surface area (Å²) in [7, 11) is 0.